The number of hydrogen-bond acceptors (Lipinski definition) is 2. The van der Waals surface area contributed by atoms with Crippen molar-refractivity contribution < 1.29 is 14.3 Å². The molecular weight excluding hydrogens is 215 g/mol. The number of halogens is 1. The van der Waals surface area contributed by atoms with Gasteiger partial charge in [0.05, 0.1) is 0 Å². The summed E-state index contributed by atoms with van der Waals surface area (Å²) in [6.45, 7) is 0. The van der Waals surface area contributed by atoms with Crippen molar-refractivity contribution in [2.75, 3.05) is 0 Å². The molecule has 1 aliphatic rings. The van der Waals surface area contributed by atoms with Crippen LogP contribution >= 0.6 is 11.8 Å². The van der Waals surface area contributed by atoms with Crippen LogP contribution in [-0.4, -0.2) is 16.3 Å². The van der Waals surface area contributed by atoms with E-state index in [1.54, 1.807) is 12.1 Å². The first kappa shape index (κ1) is 10.5. The van der Waals surface area contributed by atoms with Crippen molar-refractivity contribution in [3.8, 4) is 0 Å². The van der Waals surface area contributed by atoms with Gasteiger partial charge in [-0.1, -0.05) is 0 Å². The molecule has 1 aromatic carbocycles. The molecule has 80 valence electrons. The van der Waals surface area contributed by atoms with Crippen molar-refractivity contribution in [2.45, 2.75) is 23.0 Å². The summed E-state index contributed by atoms with van der Waals surface area (Å²) in [7, 11) is 0. The van der Waals surface area contributed by atoms with Crippen LogP contribution in [0.15, 0.2) is 29.2 Å². The highest BCUT2D eigenvalue weighted by molar-refractivity contribution is 8.00. The third kappa shape index (κ3) is 2.72. The molecular formula is C11H11FO2S. The molecule has 2 nitrogen and oxygen atoms in total. The summed E-state index contributed by atoms with van der Waals surface area (Å²) in [5.74, 6) is -0.776. The number of rotatable bonds is 4. The molecule has 0 amide bonds. The lowest BCUT2D eigenvalue weighted by atomic mass is 10.3. The van der Waals surface area contributed by atoms with Gasteiger partial charge in [0.15, 0.2) is 0 Å². The Morgan fingerprint density at radius 2 is 2.00 bits per heavy atom. The molecule has 1 unspecified atom stereocenters. The Balaban J connectivity index is 2.05. The fraction of sp³-hybridized carbons (Fsp3) is 0.364. The van der Waals surface area contributed by atoms with Crippen LogP contribution in [0.3, 0.4) is 0 Å². The Hall–Kier alpha value is -1.03. The van der Waals surface area contributed by atoms with Crippen molar-refractivity contribution in [2.24, 2.45) is 5.92 Å². The minimum Gasteiger partial charge on any atom is -0.480 e. The van der Waals surface area contributed by atoms with Crippen LogP contribution < -0.4 is 0 Å². The van der Waals surface area contributed by atoms with Crippen LogP contribution in [-0.2, 0) is 4.79 Å². The lowest BCUT2D eigenvalue weighted by molar-refractivity contribution is -0.136. The molecule has 0 bridgehead atoms. The van der Waals surface area contributed by atoms with Gasteiger partial charge < -0.3 is 5.11 Å². The van der Waals surface area contributed by atoms with E-state index >= 15 is 0 Å². The van der Waals surface area contributed by atoms with E-state index in [1.165, 1.54) is 23.9 Å². The average molecular weight is 226 g/mol. The molecule has 0 saturated heterocycles. The molecule has 0 radical (unpaired) electrons. The van der Waals surface area contributed by atoms with E-state index in [4.69, 9.17) is 5.11 Å². The van der Waals surface area contributed by atoms with Gasteiger partial charge in [-0.15, -0.1) is 11.8 Å². The molecule has 1 N–H and O–H groups in total. The van der Waals surface area contributed by atoms with Crippen molar-refractivity contribution in [3.63, 3.8) is 0 Å². The van der Waals surface area contributed by atoms with E-state index in [9.17, 15) is 9.18 Å². The van der Waals surface area contributed by atoms with Crippen LogP contribution in [0.1, 0.15) is 12.8 Å². The highest BCUT2D eigenvalue weighted by Gasteiger charge is 2.36. The molecule has 0 heterocycles. The zero-order chi connectivity index (χ0) is 10.8. The predicted molar refractivity (Wildman–Crippen MR) is 56.4 cm³/mol. The monoisotopic (exact) mass is 226 g/mol. The molecule has 1 aromatic rings. The number of carboxylic acid groups (broad SMARTS) is 1. The van der Waals surface area contributed by atoms with Gasteiger partial charge in [-0.3, -0.25) is 4.79 Å². The molecule has 2 rings (SSSR count). The van der Waals surface area contributed by atoms with Crippen molar-refractivity contribution in [1.82, 2.24) is 0 Å². The van der Waals surface area contributed by atoms with E-state index in [-0.39, 0.29) is 17.0 Å². The van der Waals surface area contributed by atoms with Crippen LogP contribution in [0.4, 0.5) is 4.39 Å². The second kappa shape index (κ2) is 4.23. The van der Waals surface area contributed by atoms with Gasteiger partial charge in [-0.2, -0.15) is 0 Å². The van der Waals surface area contributed by atoms with Gasteiger partial charge in [0, 0.05) is 4.90 Å². The maximum absolute atomic E-state index is 12.6. The van der Waals surface area contributed by atoms with Crippen LogP contribution in [0, 0.1) is 11.7 Å². The average Bonchev–Trinajstić information content (AvgIpc) is 3.00. The number of thioether (sulfide) groups is 1. The third-order valence-corrected chi connectivity index (χ3v) is 3.76. The molecule has 15 heavy (non-hydrogen) atoms. The maximum atomic E-state index is 12.6. The molecule has 1 fully saturated rings. The molecule has 1 aliphatic carbocycles. The van der Waals surface area contributed by atoms with Crippen LogP contribution in [0.25, 0.3) is 0 Å². The maximum Gasteiger partial charge on any atom is 0.317 e. The number of benzene rings is 1. The molecule has 1 atom stereocenters. The van der Waals surface area contributed by atoms with Crippen molar-refractivity contribution in [1.29, 1.82) is 0 Å². The minimum absolute atomic E-state index is 0.289. The Bertz CT molecular complexity index is 359. The zero-order valence-electron chi connectivity index (χ0n) is 8.02. The van der Waals surface area contributed by atoms with E-state index in [2.05, 4.69) is 0 Å². The second-order valence-corrected chi connectivity index (χ2v) is 4.88. The largest absolute Gasteiger partial charge is 0.480 e. The standard InChI is InChI=1S/C11H11FO2S/c12-8-3-5-9(6-4-8)15-10(11(13)14)7-1-2-7/h3-7,10H,1-2H2,(H,13,14). The molecule has 0 spiro atoms. The fourth-order valence-corrected chi connectivity index (χ4v) is 2.56. The summed E-state index contributed by atoms with van der Waals surface area (Å²) in [6.07, 6.45) is 1.98. The SMILES string of the molecule is O=C(O)C(Sc1ccc(F)cc1)C1CC1. The van der Waals surface area contributed by atoms with Gasteiger partial charge in [-0.05, 0) is 43.0 Å². The first-order valence-corrected chi connectivity index (χ1v) is 5.70. The normalized spacial score (nSPS) is 17.4. The first-order chi connectivity index (χ1) is 7.16. The lowest BCUT2D eigenvalue weighted by Crippen LogP contribution is -2.18. The van der Waals surface area contributed by atoms with E-state index in [1.807, 2.05) is 0 Å². The highest BCUT2D eigenvalue weighted by atomic mass is 32.2. The smallest absolute Gasteiger partial charge is 0.317 e. The van der Waals surface area contributed by atoms with Crippen LogP contribution in [0.5, 0.6) is 0 Å². The van der Waals surface area contributed by atoms with E-state index in [0.717, 1.165) is 17.7 Å². The summed E-state index contributed by atoms with van der Waals surface area (Å²) >= 11 is 1.31. The Kier molecular flexibility index (Phi) is 2.95. The molecule has 1 saturated carbocycles. The molecule has 0 aromatic heterocycles. The van der Waals surface area contributed by atoms with E-state index < -0.39 is 5.97 Å². The Morgan fingerprint density at radius 1 is 1.40 bits per heavy atom. The highest BCUT2D eigenvalue weighted by Crippen LogP contribution is 2.41. The summed E-state index contributed by atoms with van der Waals surface area (Å²) in [5, 5.41) is 8.63. The second-order valence-electron chi connectivity index (χ2n) is 3.67. The third-order valence-electron chi connectivity index (χ3n) is 2.37. The number of hydrogen-bond donors (Lipinski definition) is 1. The Labute approximate surface area is 91.5 Å². The van der Waals surface area contributed by atoms with Gasteiger partial charge in [-0.25, -0.2) is 4.39 Å². The minimum atomic E-state index is -0.771. The predicted octanol–water partition coefficient (Wildman–Crippen LogP) is 2.78. The topological polar surface area (TPSA) is 37.3 Å². The summed E-state index contributed by atoms with van der Waals surface area (Å²) in [6, 6.07) is 5.96. The number of carbonyl (C=O) groups is 1. The molecule has 0 aliphatic heterocycles. The molecule has 4 heteroatoms. The van der Waals surface area contributed by atoms with Crippen LogP contribution in [0.2, 0.25) is 0 Å². The Morgan fingerprint density at radius 3 is 2.47 bits per heavy atom. The zero-order valence-corrected chi connectivity index (χ0v) is 8.84. The summed E-state index contributed by atoms with van der Waals surface area (Å²) < 4.78 is 12.6. The van der Waals surface area contributed by atoms with Gasteiger partial charge >= 0.3 is 5.97 Å². The van der Waals surface area contributed by atoms with Crippen molar-refractivity contribution >= 4 is 17.7 Å². The van der Waals surface area contributed by atoms with E-state index in [0.29, 0.717) is 0 Å². The quantitative estimate of drug-likeness (QED) is 0.802. The van der Waals surface area contributed by atoms with Gasteiger partial charge in [0.25, 0.3) is 0 Å². The fourth-order valence-electron chi connectivity index (χ4n) is 1.41. The van der Waals surface area contributed by atoms with Crippen molar-refractivity contribution in [3.05, 3.63) is 30.1 Å². The number of carboxylic acids is 1. The van der Waals surface area contributed by atoms with Gasteiger partial charge in [0.1, 0.15) is 11.1 Å². The van der Waals surface area contributed by atoms with Gasteiger partial charge in [0.2, 0.25) is 0 Å². The number of aliphatic carboxylic acids is 1. The first-order valence-electron chi connectivity index (χ1n) is 4.82. The summed E-state index contributed by atoms with van der Waals surface area (Å²) in [5.41, 5.74) is 0. The summed E-state index contributed by atoms with van der Waals surface area (Å²) in [4.78, 5) is 11.8. The lowest BCUT2D eigenvalue weighted by Gasteiger charge is -2.10.